The first-order valence-electron chi connectivity index (χ1n) is 17.4. The van der Waals surface area contributed by atoms with Gasteiger partial charge in [0.25, 0.3) is 11.8 Å². The highest BCUT2D eigenvalue weighted by Crippen LogP contribution is 2.30. The fourth-order valence-corrected chi connectivity index (χ4v) is 5.15. The van der Waals surface area contributed by atoms with E-state index in [0.29, 0.717) is 42.1 Å². The Balaban J connectivity index is 0.000000218. The van der Waals surface area contributed by atoms with Gasteiger partial charge in [-0.05, 0) is 58.9 Å². The lowest BCUT2D eigenvalue weighted by molar-refractivity contribution is 0.140. The molecule has 0 aliphatic heterocycles. The Morgan fingerprint density at radius 2 is 0.882 bits per heavy atom. The molecule has 10 nitrogen and oxygen atoms in total. The Hall–Kier alpha value is -5.90. The number of aromatic nitrogens is 4. The first kappa shape index (κ1) is 37.9. The lowest BCUT2D eigenvalue weighted by atomic mass is 10.1. The minimum absolute atomic E-state index is 0.0473. The topological polar surface area (TPSA) is 111 Å². The number of hydrogen-bond donors (Lipinski definition) is 0. The molecule has 6 rings (SSSR count). The van der Waals surface area contributed by atoms with Gasteiger partial charge in [-0.2, -0.15) is 0 Å². The number of para-hydroxylation sites is 4. The molecular weight excluding hydrogens is 640 g/mol. The van der Waals surface area contributed by atoms with Crippen molar-refractivity contribution in [3.05, 3.63) is 109 Å². The zero-order valence-electron chi connectivity index (χ0n) is 30.4. The monoisotopic (exact) mass is 686 g/mol. The summed E-state index contributed by atoms with van der Waals surface area (Å²) in [5, 5.41) is 0. The van der Waals surface area contributed by atoms with Crippen molar-refractivity contribution in [3.63, 3.8) is 0 Å². The van der Waals surface area contributed by atoms with Crippen LogP contribution in [0.4, 0.5) is 9.59 Å². The van der Waals surface area contributed by atoms with Crippen molar-refractivity contribution >= 4 is 34.3 Å². The molecule has 2 aromatic heterocycles. The lowest BCUT2D eigenvalue weighted by Gasteiger charge is -2.24. The van der Waals surface area contributed by atoms with Gasteiger partial charge in [-0.25, -0.2) is 29.5 Å². The molecule has 0 unspecified atom stereocenters. The summed E-state index contributed by atoms with van der Waals surface area (Å²) < 4.78 is 11.2. The first-order valence-corrected chi connectivity index (χ1v) is 17.4. The second-order valence-electron chi connectivity index (χ2n) is 11.3. The van der Waals surface area contributed by atoms with Crippen molar-refractivity contribution in [1.29, 1.82) is 0 Å². The average Bonchev–Trinajstić information content (AvgIpc) is 3.16. The van der Waals surface area contributed by atoms with E-state index in [4.69, 9.17) is 9.47 Å². The molecule has 0 aliphatic carbocycles. The second kappa shape index (κ2) is 18.7. The molecule has 264 valence electrons. The van der Waals surface area contributed by atoms with E-state index in [-0.39, 0.29) is 17.8 Å². The second-order valence-corrected chi connectivity index (χ2v) is 11.3. The average molecular weight is 687 g/mol. The molecule has 0 saturated carbocycles. The highest BCUT2D eigenvalue weighted by atomic mass is 16.6. The van der Waals surface area contributed by atoms with Gasteiger partial charge in [0.15, 0.2) is 0 Å². The van der Waals surface area contributed by atoms with Crippen LogP contribution in [-0.4, -0.2) is 67.6 Å². The van der Waals surface area contributed by atoms with Gasteiger partial charge in [0.1, 0.15) is 11.4 Å². The maximum Gasteiger partial charge on any atom is 0.416 e. The number of ether oxygens (including phenoxy) is 2. The molecule has 2 heterocycles. The summed E-state index contributed by atoms with van der Waals surface area (Å²) in [7, 11) is 0. The molecule has 0 saturated heterocycles. The molecule has 0 spiro atoms. The van der Waals surface area contributed by atoms with Gasteiger partial charge in [0.05, 0.1) is 22.1 Å². The van der Waals surface area contributed by atoms with Crippen LogP contribution in [0.2, 0.25) is 0 Å². The molecule has 0 aliphatic rings. The third-order valence-corrected chi connectivity index (χ3v) is 7.76. The highest BCUT2D eigenvalue weighted by molar-refractivity contribution is 5.83. The van der Waals surface area contributed by atoms with E-state index < -0.39 is 12.2 Å². The van der Waals surface area contributed by atoms with Crippen LogP contribution in [0, 0.1) is 0 Å². The summed E-state index contributed by atoms with van der Waals surface area (Å²) in [6.45, 7) is 15.4. The minimum Gasteiger partial charge on any atom is -0.389 e. The van der Waals surface area contributed by atoms with Crippen molar-refractivity contribution in [3.8, 4) is 34.3 Å². The van der Waals surface area contributed by atoms with Gasteiger partial charge in [-0.3, -0.25) is 0 Å². The van der Waals surface area contributed by atoms with E-state index in [2.05, 4.69) is 19.9 Å². The Kier molecular flexibility index (Phi) is 13.9. The fourth-order valence-electron chi connectivity index (χ4n) is 5.15. The summed E-state index contributed by atoms with van der Waals surface area (Å²) in [6.07, 6.45) is -0.832. The Bertz CT molecular complexity index is 2020. The Labute approximate surface area is 300 Å². The predicted molar refractivity (Wildman–Crippen MR) is 204 cm³/mol. The molecule has 0 atom stereocenters. The molecule has 4 aromatic carbocycles. The van der Waals surface area contributed by atoms with Crippen LogP contribution in [0.25, 0.3) is 44.6 Å². The summed E-state index contributed by atoms with van der Waals surface area (Å²) in [6, 6.07) is 34.4. The Morgan fingerprint density at radius 1 is 0.529 bits per heavy atom. The van der Waals surface area contributed by atoms with Gasteiger partial charge < -0.3 is 19.3 Å². The van der Waals surface area contributed by atoms with Crippen molar-refractivity contribution in [1.82, 2.24) is 29.7 Å². The molecule has 10 heteroatoms. The third kappa shape index (κ3) is 9.63. The van der Waals surface area contributed by atoms with Crippen LogP contribution in [0.5, 0.6) is 11.8 Å². The van der Waals surface area contributed by atoms with E-state index >= 15 is 0 Å². The molecular formula is C41H46N6O4. The van der Waals surface area contributed by atoms with Crippen molar-refractivity contribution in [2.24, 2.45) is 0 Å². The van der Waals surface area contributed by atoms with Crippen molar-refractivity contribution < 1.29 is 19.1 Å². The number of carbonyl (C=O) groups is 2. The summed E-state index contributed by atoms with van der Waals surface area (Å²) in [5.41, 5.74) is 5.75. The van der Waals surface area contributed by atoms with Crippen molar-refractivity contribution in [2.45, 2.75) is 54.5 Å². The summed E-state index contributed by atoms with van der Waals surface area (Å²) in [5.74, 6) is 0.464. The quantitative estimate of drug-likeness (QED) is 0.156. The maximum atomic E-state index is 12.5. The van der Waals surface area contributed by atoms with Crippen LogP contribution in [0.15, 0.2) is 109 Å². The number of hydrogen-bond acceptors (Lipinski definition) is 8. The lowest BCUT2D eigenvalue weighted by Crippen LogP contribution is -2.38. The summed E-state index contributed by atoms with van der Waals surface area (Å²) >= 11 is 0. The molecule has 6 aromatic rings. The normalized spacial score (nSPS) is 10.4. The zero-order chi connectivity index (χ0) is 36.8. The van der Waals surface area contributed by atoms with Crippen LogP contribution in [0.1, 0.15) is 48.5 Å². The maximum absolute atomic E-state index is 12.5. The predicted octanol–water partition coefficient (Wildman–Crippen LogP) is 9.69. The molecule has 0 N–H and O–H groups in total. The van der Waals surface area contributed by atoms with E-state index in [1.807, 2.05) is 158 Å². The van der Waals surface area contributed by atoms with Gasteiger partial charge in [-0.1, -0.05) is 98.8 Å². The van der Waals surface area contributed by atoms with Gasteiger partial charge in [-0.15, -0.1) is 0 Å². The highest BCUT2D eigenvalue weighted by Gasteiger charge is 2.22. The molecule has 0 fully saturated rings. The van der Waals surface area contributed by atoms with Gasteiger partial charge in [0, 0.05) is 36.8 Å². The molecule has 0 radical (unpaired) electrons. The molecule has 0 bridgehead atoms. The first-order chi connectivity index (χ1) is 24.8. The fraction of sp³-hybridized carbons (Fsp3) is 0.268. The van der Waals surface area contributed by atoms with Crippen molar-refractivity contribution in [2.75, 3.05) is 19.6 Å². The van der Waals surface area contributed by atoms with E-state index in [0.717, 1.165) is 22.2 Å². The SMILES string of the molecule is CC.CCN(C(=O)Oc1nc2ccccc2nc1-c1ccccc1)C(C)C.CCN(CC)C(=O)Oc1nc2ccccc2nc1-c1ccccc1. The number of carbonyl (C=O) groups excluding carboxylic acids is 2. The van der Waals surface area contributed by atoms with Crippen LogP contribution in [0.3, 0.4) is 0 Å². The number of nitrogens with zero attached hydrogens (tertiary/aromatic N) is 6. The number of rotatable bonds is 8. The summed E-state index contributed by atoms with van der Waals surface area (Å²) in [4.78, 5) is 46.5. The standard InChI is InChI=1S/C20H21N3O2.C19H19N3O2.C2H6/c1-4-23(14(2)3)20(24)25-19-18(15-10-6-5-7-11-15)21-16-12-8-9-13-17(16)22-19;1-3-22(4-2)19(23)24-18-17(14-10-6-5-7-11-14)20-15-12-8-9-13-16(15)21-18;1-2/h5-14H,4H2,1-3H3;5-13H,3-4H2,1-2H3;1-2H3. The molecule has 2 amide bonds. The Morgan fingerprint density at radius 3 is 1.24 bits per heavy atom. The minimum atomic E-state index is -0.417. The number of fused-ring (bicyclic) bond motifs is 2. The number of benzene rings is 4. The van der Waals surface area contributed by atoms with Gasteiger partial charge >= 0.3 is 12.2 Å². The van der Waals surface area contributed by atoms with Crippen LogP contribution < -0.4 is 9.47 Å². The smallest absolute Gasteiger partial charge is 0.389 e. The van der Waals surface area contributed by atoms with Crippen LogP contribution in [-0.2, 0) is 0 Å². The molecule has 51 heavy (non-hydrogen) atoms. The van der Waals surface area contributed by atoms with E-state index in [1.54, 1.807) is 9.80 Å². The number of amides is 2. The van der Waals surface area contributed by atoms with E-state index in [9.17, 15) is 9.59 Å². The largest absolute Gasteiger partial charge is 0.416 e. The van der Waals surface area contributed by atoms with Gasteiger partial charge in [0.2, 0.25) is 0 Å². The van der Waals surface area contributed by atoms with E-state index in [1.165, 1.54) is 0 Å². The van der Waals surface area contributed by atoms with Crippen LogP contribution >= 0.6 is 0 Å². The zero-order valence-corrected chi connectivity index (χ0v) is 30.4. The third-order valence-electron chi connectivity index (χ3n) is 7.76.